The van der Waals surface area contributed by atoms with E-state index in [0.29, 0.717) is 0 Å². The van der Waals surface area contributed by atoms with Crippen molar-refractivity contribution >= 4 is 37.4 Å². The van der Waals surface area contributed by atoms with Crippen LogP contribution >= 0.6 is 15.9 Å². The van der Waals surface area contributed by atoms with Gasteiger partial charge in [0.25, 0.3) is 0 Å². The van der Waals surface area contributed by atoms with Gasteiger partial charge in [-0.2, -0.15) is 0 Å². The number of nitrogens with one attached hydrogen (secondary N) is 1. The molecule has 100 valence electrons. The van der Waals surface area contributed by atoms with Crippen LogP contribution < -0.4 is 5.32 Å². The highest BCUT2D eigenvalue weighted by molar-refractivity contribution is 9.10. The standard InChI is InChI=1S/C10H10BrF2NO3S/c1-5(18(2,16)17)10(15)14-9-7(12)3-6(11)4-8(9)13/h3-5H,1-2H3,(H,14,15). The molecule has 8 heteroatoms. The fraction of sp³-hybridized carbons (Fsp3) is 0.300. The van der Waals surface area contributed by atoms with Gasteiger partial charge in [0, 0.05) is 10.7 Å². The smallest absolute Gasteiger partial charge is 0.242 e. The van der Waals surface area contributed by atoms with Crippen molar-refractivity contribution in [1.29, 1.82) is 0 Å². The molecule has 0 spiro atoms. The van der Waals surface area contributed by atoms with Crippen LogP contribution in [0.2, 0.25) is 0 Å². The maximum Gasteiger partial charge on any atom is 0.242 e. The minimum absolute atomic E-state index is 0.173. The quantitative estimate of drug-likeness (QED) is 0.915. The summed E-state index contributed by atoms with van der Waals surface area (Å²) in [6.07, 6.45) is 0.867. The van der Waals surface area contributed by atoms with Gasteiger partial charge in [-0.05, 0) is 19.1 Å². The van der Waals surface area contributed by atoms with Gasteiger partial charge in [-0.3, -0.25) is 4.79 Å². The van der Waals surface area contributed by atoms with Crippen molar-refractivity contribution in [1.82, 2.24) is 0 Å². The van der Waals surface area contributed by atoms with E-state index >= 15 is 0 Å². The van der Waals surface area contributed by atoms with E-state index in [4.69, 9.17) is 0 Å². The summed E-state index contributed by atoms with van der Waals surface area (Å²) in [5.74, 6) is -2.97. The second-order valence-corrected chi connectivity index (χ2v) is 6.99. The van der Waals surface area contributed by atoms with Gasteiger partial charge >= 0.3 is 0 Å². The fourth-order valence-corrected chi connectivity index (χ4v) is 1.93. The molecule has 1 aromatic carbocycles. The molecule has 1 atom stereocenters. The third-order valence-electron chi connectivity index (χ3n) is 2.27. The normalized spacial score (nSPS) is 13.2. The lowest BCUT2D eigenvalue weighted by atomic mass is 10.3. The Bertz CT molecular complexity index is 566. The SMILES string of the molecule is CC(C(=O)Nc1c(F)cc(Br)cc1F)S(C)(=O)=O. The first kappa shape index (κ1) is 15.0. The first-order valence-corrected chi connectivity index (χ1v) is 7.52. The lowest BCUT2D eigenvalue weighted by Gasteiger charge is -2.12. The molecule has 1 amide bonds. The van der Waals surface area contributed by atoms with Crippen molar-refractivity contribution in [3.63, 3.8) is 0 Å². The Labute approximate surface area is 111 Å². The van der Waals surface area contributed by atoms with E-state index in [-0.39, 0.29) is 4.47 Å². The average molecular weight is 342 g/mol. The van der Waals surface area contributed by atoms with Crippen molar-refractivity contribution in [3.05, 3.63) is 28.2 Å². The molecule has 0 saturated heterocycles. The Morgan fingerprint density at radius 2 is 1.78 bits per heavy atom. The molecule has 1 rings (SSSR count). The maximum atomic E-state index is 13.4. The van der Waals surface area contributed by atoms with Crippen molar-refractivity contribution in [3.8, 4) is 0 Å². The fourth-order valence-electron chi connectivity index (χ4n) is 1.08. The summed E-state index contributed by atoms with van der Waals surface area (Å²) in [5, 5.41) is 0.534. The molecule has 0 aliphatic heterocycles. The van der Waals surface area contributed by atoms with Crippen LogP contribution in [0.4, 0.5) is 14.5 Å². The molecule has 1 aromatic rings. The van der Waals surface area contributed by atoms with E-state index in [0.717, 1.165) is 25.3 Å². The second-order valence-electron chi connectivity index (χ2n) is 3.71. The molecule has 4 nitrogen and oxygen atoms in total. The molecule has 18 heavy (non-hydrogen) atoms. The number of carbonyl (C=O) groups excluding carboxylic acids is 1. The first-order valence-electron chi connectivity index (χ1n) is 4.77. The molecular weight excluding hydrogens is 332 g/mol. The van der Waals surface area contributed by atoms with Crippen molar-refractivity contribution in [2.75, 3.05) is 11.6 Å². The summed E-state index contributed by atoms with van der Waals surface area (Å²) in [6, 6.07) is 1.92. The topological polar surface area (TPSA) is 63.2 Å². The van der Waals surface area contributed by atoms with Crippen LogP contribution in [0.25, 0.3) is 0 Å². The Balaban J connectivity index is 3.03. The van der Waals surface area contributed by atoms with Crippen molar-refractivity contribution in [2.24, 2.45) is 0 Å². The number of rotatable bonds is 3. The Kier molecular flexibility index (Phi) is 4.44. The highest BCUT2D eigenvalue weighted by Crippen LogP contribution is 2.24. The third-order valence-corrected chi connectivity index (χ3v) is 4.22. The van der Waals surface area contributed by atoms with Gasteiger partial charge < -0.3 is 5.32 Å². The molecule has 1 N–H and O–H groups in total. The van der Waals surface area contributed by atoms with Gasteiger partial charge in [-0.15, -0.1) is 0 Å². The van der Waals surface area contributed by atoms with Crippen LogP contribution in [0.5, 0.6) is 0 Å². The van der Waals surface area contributed by atoms with Crippen molar-refractivity contribution in [2.45, 2.75) is 12.2 Å². The molecule has 0 aromatic heterocycles. The predicted molar refractivity (Wildman–Crippen MR) is 67.0 cm³/mol. The first-order chi connectivity index (χ1) is 8.12. The Morgan fingerprint density at radius 1 is 1.33 bits per heavy atom. The highest BCUT2D eigenvalue weighted by atomic mass is 79.9. The number of amides is 1. The molecule has 0 bridgehead atoms. The lowest BCUT2D eigenvalue weighted by molar-refractivity contribution is -0.115. The largest absolute Gasteiger partial charge is 0.320 e. The van der Waals surface area contributed by atoms with E-state index in [9.17, 15) is 22.0 Å². The monoisotopic (exact) mass is 341 g/mol. The third kappa shape index (κ3) is 3.49. The summed E-state index contributed by atoms with van der Waals surface area (Å²) in [5.41, 5.74) is -0.668. The molecule has 0 heterocycles. The minimum atomic E-state index is -3.62. The molecule has 0 fully saturated rings. The van der Waals surface area contributed by atoms with Gasteiger partial charge in [-0.25, -0.2) is 17.2 Å². The molecular formula is C10H10BrF2NO3S. The molecule has 0 radical (unpaired) electrons. The van der Waals surface area contributed by atoms with Crippen molar-refractivity contribution < 1.29 is 22.0 Å². The highest BCUT2D eigenvalue weighted by Gasteiger charge is 2.25. The number of halogens is 3. The van der Waals surface area contributed by atoms with Crippen LogP contribution in [0, 0.1) is 11.6 Å². The molecule has 1 unspecified atom stereocenters. The molecule has 0 aliphatic carbocycles. The molecule has 0 saturated carbocycles. The minimum Gasteiger partial charge on any atom is -0.320 e. The van der Waals surface area contributed by atoms with Gasteiger partial charge in [0.2, 0.25) is 5.91 Å². The van der Waals surface area contributed by atoms with Crippen LogP contribution in [-0.2, 0) is 14.6 Å². The average Bonchev–Trinajstić information content (AvgIpc) is 2.20. The number of hydrogen-bond donors (Lipinski definition) is 1. The van der Waals surface area contributed by atoms with Gasteiger partial charge in [-0.1, -0.05) is 15.9 Å². The number of carbonyl (C=O) groups is 1. The maximum absolute atomic E-state index is 13.4. The number of benzene rings is 1. The van der Waals surface area contributed by atoms with Gasteiger partial charge in [0.15, 0.2) is 21.5 Å². The Hall–Kier alpha value is -1.02. The summed E-state index contributed by atoms with van der Waals surface area (Å²) >= 11 is 2.89. The van der Waals surface area contributed by atoms with E-state index in [1.54, 1.807) is 0 Å². The van der Waals surface area contributed by atoms with E-state index in [1.807, 2.05) is 5.32 Å². The second kappa shape index (κ2) is 5.31. The number of hydrogen-bond acceptors (Lipinski definition) is 3. The zero-order valence-corrected chi connectivity index (χ0v) is 11.9. The lowest BCUT2D eigenvalue weighted by Crippen LogP contribution is -2.32. The van der Waals surface area contributed by atoms with Crippen LogP contribution in [0.1, 0.15) is 6.92 Å². The molecule has 0 aliphatic rings. The van der Waals surface area contributed by atoms with Gasteiger partial charge in [0.05, 0.1) is 0 Å². The number of sulfone groups is 1. The van der Waals surface area contributed by atoms with Gasteiger partial charge in [0.1, 0.15) is 10.9 Å². The van der Waals surface area contributed by atoms with E-state index in [1.165, 1.54) is 0 Å². The zero-order valence-electron chi connectivity index (χ0n) is 9.50. The van der Waals surface area contributed by atoms with E-state index < -0.39 is 38.3 Å². The Morgan fingerprint density at radius 3 is 2.17 bits per heavy atom. The summed E-state index contributed by atoms with van der Waals surface area (Å²) < 4.78 is 49.2. The van der Waals surface area contributed by atoms with Crippen LogP contribution in [-0.4, -0.2) is 25.8 Å². The van der Waals surface area contributed by atoms with Crippen LogP contribution in [0.15, 0.2) is 16.6 Å². The predicted octanol–water partition coefficient (Wildman–Crippen LogP) is 2.10. The van der Waals surface area contributed by atoms with E-state index in [2.05, 4.69) is 15.9 Å². The number of anilines is 1. The van der Waals surface area contributed by atoms with Crippen LogP contribution in [0.3, 0.4) is 0 Å². The summed E-state index contributed by atoms with van der Waals surface area (Å²) in [4.78, 5) is 11.5. The summed E-state index contributed by atoms with van der Waals surface area (Å²) in [6.45, 7) is 1.14. The zero-order chi connectivity index (χ0) is 14.1. The summed E-state index contributed by atoms with van der Waals surface area (Å²) in [7, 11) is -3.62.